The molecule has 0 saturated carbocycles. The van der Waals surface area contributed by atoms with E-state index in [1.165, 1.54) is 0 Å². The number of carbonyl (C=O) groups is 1. The van der Waals surface area contributed by atoms with Gasteiger partial charge in [-0.25, -0.2) is 9.97 Å². The van der Waals surface area contributed by atoms with Crippen LogP contribution in [-0.2, 0) is 30.2 Å². The summed E-state index contributed by atoms with van der Waals surface area (Å²) in [5, 5.41) is 7.42. The van der Waals surface area contributed by atoms with Crippen molar-refractivity contribution in [3.63, 3.8) is 0 Å². The van der Waals surface area contributed by atoms with Crippen LogP contribution in [-0.4, -0.2) is 49.7 Å². The summed E-state index contributed by atoms with van der Waals surface area (Å²) in [6.07, 6.45) is 0.978. The van der Waals surface area contributed by atoms with Crippen LogP contribution < -0.4 is 11.1 Å². The zero-order chi connectivity index (χ0) is 25.9. The molecule has 1 aromatic carbocycles. The Morgan fingerprint density at radius 2 is 1.94 bits per heavy atom. The molecular weight excluding hydrogens is 471 g/mol. The van der Waals surface area contributed by atoms with Gasteiger partial charge in [-0.15, -0.1) is 0 Å². The Morgan fingerprint density at radius 1 is 1.19 bits per heavy atom. The molecular formula is C25H30F3N7O. The van der Waals surface area contributed by atoms with Crippen LogP contribution in [0.2, 0.25) is 0 Å². The fourth-order valence-corrected chi connectivity index (χ4v) is 4.50. The van der Waals surface area contributed by atoms with Gasteiger partial charge in [0.15, 0.2) is 0 Å². The first kappa shape index (κ1) is 25.6. The fourth-order valence-electron chi connectivity index (χ4n) is 4.50. The van der Waals surface area contributed by atoms with Gasteiger partial charge in [0.2, 0.25) is 11.9 Å². The second-order valence-corrected chi connectivity index (χ2v) is 9.33. The predicted molar refractivity (Wildman–Crippen MR) is 130 cm³/mol. The van der Waals surface area contributed by atoms with Gasteiger partial charge < -0.3 is 11.1 Å². The van der Waals surface area contributed by atoms with Crippen LogP contribution in [0.4, 0.5) is 24.8 Å². The lowest BCUT2D eigenvalue weighted by Crippen LogP contribution is -2.28. The maximum atomic E-state index is 13.7. The monoisotopic (exact) mass is 501 g/mol. The molecule has 192 valence electrons. The van der Waals surface area contributed by atoms with E-state index < -0.39 is 17.6 Å². The van der Waals surface area contributed by atoms with Gasteiger partial charge in [-0.2, -0.15) is 18.3 Å². The number of primary amides is 1. The molecule has 8 nitrogen and oxygen atoms in total. The van der Waals surface area contributed by atoms with E-state index in [9.17, 15) is 18.0 Å². The summed E-state index contributed by atoms with van der Waals surface area (Å²) in [6, 6.07) is 7.78. The molecule has 3 N–H and O–H groups in total. The van der Waals surface area contributed by atoms with Crippen LogP contribution in [0, 0.1) is 0 Å². The van der Waals surface area contributed by atoms with E-state index in [2.05, 4.69) is 39.1 Å². The van der Waals surface area contributed by atoms with Crippen molar-refractivity contribution in [1.29, 1.82) is 0 Å². The Labute approximate surface area is 207 Å². The van der Waals surface area contributed by atoms with Crippen molar-refractivity contribution in [2.75, 3.05) is 18.4 Å². The lowest BCUT2D eigenvalue weighted by molar-refractivity contribution is -0.138. The van der Waals surface area contributed by atoms with Crippen LogP contribution in [0.5, 0.6) is 0 Å². The SMILES string of the molecule is CC(C)N1CCC(n2cc(Nc3ncc(C(F)(F)F)c(CCc4ccccc4CC(N)=O)n3)cn2)C1. The molecule has 36 heavy (non-hydrogen) atoms. The van der Waals surface area contributed by atoms with Gasteiger partial charge in [-0.1, -0.05) is 24.3 Å². The van der Waals surface area contributed by atoms with Crippen molar-refractivity contribution in [2.45, 2.75) is 57.8 Å². The lowest BCUT2D eigenvalue weighted by Gasteiger charge is -2.20. The Morgan fingerprint density at radius 3 is 2.61 bits per heavy atom. The zero-order valence-corrected chi connectivity index (χ0v) is 20.3. The van der Waals surface area contributed by atoms with Gasteiger partial charge >= 0.3 is 6.18 Å². The van der Waals surface area contributed by atoms with Crippen LogP contribution >= 0.6 is 0 Å². The van der Waals surface area contributed by atoms with Gasteiger partial charge in [0.05, 0.1) is 35.6 Å². The zero-order valence-electron chi connectivity index (χ0n) is 20.3. The highest BCUT2D eigenvalue weighted by molar-refractivity contribution is 5.77. The number of carbonyl (C=O) groups excluding carboxylic acids is 1. The van der Waals surface area contributed by atoms with Gasteiger partial charge in [0.1, 0.15) is 0 Å². The van der Waals surface area contributed by atoms with E-state index in [4.69, 9.17) is 5.73 Å². The number of nitrogens with zero attached hydrogens (tertiary/aromatic N) is 5. The number of hydrogen-bond donors (Lipinski definition) is 2. The summed E-state index contributed by atoms with van der Waals surface area (Å²) in [4.78, 5) is 21.9. The standard InChI is InChI=1S/C25H30F3N7O/c1-16(2)34-10-9-20(15-34)35-14-19(12-31-35)32-24-30-13-21(25(26,27)28)22(33-24)8-7-17-5-3-4-6-18(17)11-23(29)36/h3-6,12-14,16,20H,7-11,15H2,1-2H3,(H2,29,36)(H,30,32,33). The van der Waals surface area contributed by atoms with E-state index in [1.807, 2.05) is 10.9 Å². The number of halogens is 3. The van der Waals surface area contributed by atoms with Crippen molar-refractivity contribution in [3.8, 4) is 0 Å². The predicted octanol–water partition coefficient (Wildman–Crippen LogP) is 3.90. The van der Waals surface area contributed by atoms with Crippen molar-refractivity contribution in [1.82, 2.24) is 24.6 Å². The molecule has 0 aliphatic carbocycles. The molecule has 1 saturated heterocycles. The minimum absolute atomic E-state index is 0.0220. The lowest BCUT2D eigenvalue weighted by atomic mass is 9.98. The van der Waals surface area contributed by atoms with E-state index in [-0.39, 0.29) is 36.9 Å². The molecule has 11 heteroatoms. The number of benzene rings is 1. The number of aromatic nitrogens is 4. The number of hydrogen-bond acceptors (Lipinski definition) is 6. The number of nitrogens with one attached hydrogen (secondary N) is 1. The molecule has 3 aromatic rings. The number of amides is 1. The molecule has 4 rings (SSSR count). The third kappa shape index (κ3) is 6.20. The third-order valence-corrected chi connectivity index (χ3v) is 6.44. The summed E-state index contributed by atoms with van der Waals surface area (Å²) in [6.45, 7) is 6.22. The van der Waals surface area contributed by atoms with Gasteiger partial charge in [0, 0.05) is 31.5 Å². The van der Waals surface area contributed by atoms with Crippen LogP contribution in [0.3, 0.4) is 0 Å². The van der Waals surface area contributed by atoms with Crippen LogP contribution in [0.25, 0.3) is 0 Å². The van der Waals surface area contributed by atoms with Crippen LogP contribution in [0.1, 0.15) is 48.7 Å². The van der Waals surface area contributed by atoms with Gasteiger partial charge in [0.25, 0.3) is 0 Å². The molecule has 0 bridgehead atoms. The number of aryl methyl sites for hydroxylation is 2. The van der Waals surface area contributed by atoms with Crippen molar-refractivity contribution >= 4 is 17.5 Å². The Bertz CT molecular complexity index is 1210. The van der Waals surface area contributed by atoms with Gasteiger partial charge in [-0.05, 0) is 44.2 Å². The highest BCUT2D eigenvalue weighted by atomic mass is 19.4. The highest BCUT2D eigenvalue weighted by Gasteiger charge is 2.35. The molecule has 1 aliphatic rings. The summed E-state index contributed by atoms with van der Waals surface area (Å²) in [5.74, 6) is -0.430. The van der Waals surface area contributed by atoms with Crippen LogP contribution in [0.15, 0.2) is 42.9 Å². The van der Waals surface area contributed by atoms with E-state index in [0.29, 0.717) is 17.3 Å². The Hall–Kier alpha value is -3.47. The minimum Gasteiger partial charge on any atom is -0.369 e. The average molecular weight is 502 g/mol. The molecule has 1 fully saturated rings. The first-order chi connectivity index (χ1) is 17.1. The Kier molecular flexibility index (Phi) is 7.58. The second kappa shape index (κ2) is 10.7. The minimum atomic E-state index is -4.59. The van der Waals surface area contributed by atoms with Crippen molar-refractivity contribution < 1.29 is 18.0 Å². The summed E-state index contributed by atoms with van der Waals surface area (Å²) >= 11 is 0. The maximum absolute atomic E-state index is 13.7. The topological polar surface area (TPSA) is 102 Å². The number of alkyl halides is 3. The van der Waals surface area contributed by atoms with Gasteiger partial charge in [-0.3, -0.25) is 14.4 Å². The third-order valence-electron chi connectivity index (χ3n) is 6.44. The van der Waals surface area contributed by atoms with E-state index >= 15 is 0 Å². The molecule has 1 aliphatic heterocycles. The molecule has 1 unspecified atom stereocenters. The highest BCUT2D eigenvalue weighted by Crippen LogP contribution is 2.32. The van der Waals surface area contributed by atoms with E-state index in [1.54, 1.807) is 30.5 Å². The first-order valence-electron chi connectivity index (χ1n) is 11.9. The number of nitrogens with two attached hydrogens (primary N) is 1. The Balaban J connectivity index is 1.51. The first-order valence-corrected chi connectivity index (χ1v) is 11.9. The van der Waals surface area contributed by atoms with E-state index in [0.717, 1.165) is 31.3 Å². The second-order valence-electron chi connectivity index (χ2n) is 9.33. The summed E-state index contributed by atoms with van der Waals surface area (Å²) in [7, 11) is 0. The molecule has 2 aromatic heterocycles. The molecule has 0 spiro atoms. The maximum Gasteiger partial charge on any atom is 0.419 e. The van der Waals surface area contributed by atoms with Crippen molar-refractivity contribution in [3.05, 3.63) is 65.2 Å². The number of rotatable bonds is 9. The normalized spacial score (nSPS) is 16.6. The summed E-state index contributed by atoms with van der Waals surface area (Å²) < 4.78 is 42.9. The largest absolute Gasteiger partial charge is 0.419 e. The quantitative estimate of drug-likeness (QED) is 0.461. The number of likely N-dealkylation sites (tertiary alicyclic amines) is 1. The molecule has 1 amide bonds. The molecule has 0 radical (unpaired) electrons. The summed E-state index contributed by atoms with van der Waals surface area (Å²) in [5.41, 5.74) is 6.37. The fraction of sp³-hybridized carbons (Fsp3) is 0.440. The number of anilines is 2. The van der Waals surface area contributed by atoms with Crippen molar-refractivity contribution in [2.24, 2.45) is 5.73 Å². The smallest absolute Gasteiger partial charge is 0.369 e. The average Bonchev–Trinajstić information content (AvgIpc) is 3.47. The molecule has 3 heterocycles. The molecule has 1 atom stereocenters.